The summed E-state index contributed by atoms with van der Waals surface area (Å²) in [6, 6.07) is 8.58. The molecule has 2 aliphatic rings. The van der Waals surface area contributed by atoms with E-state index in [9.17, 15) is 18.4 Å². The third-order valence-electron chi connectivity index (χ3n) is 6.95. The third-order valence-corrected chi connectivity index (χ3v) is 6.95. The summed E-state index contributed by atoms with van der Waals surface area (Å²) in [4.78, 5) is 33.4. The highest BCUT2D eigenvalue weighted by molar-refractivity contribution is 6.09. The molecule has 11 heteroatoms. The number of aromatic nitrogens is 4. The first-order valence-corrected chi connectivity index (χ1v) is 12.2. The molecule has 1 aliphatic carbocycles. The Hall–Kier alpha value is -4.12. The maximum atomic E-state index is 14.3. The van der Waals surface area contributed by atoms with Crippen LogP contribution in [-0.2, 0) is 0 Å². The van der Waals surface area contributed by atoms with Crippen LogP contribution < -0.4 is 21.5 Å². The summed E-state index contributed by atoms with van der Waals surface area (Å²) in [7, 11) is 0. The van der Waals surface area contributed by atoms with E-state index < -0.39 is 28.8 Å². The first kappa shape index (κ1) is 23.3. The lowest BCUT2D eigenvalue weighted by molar-refractivity contribution is 0.102. The second-order valence-corrected chi connectivity index (χ2v) is 9.57. The van der Waals surface area contributed by atoms with Crippen LogP contribution >= 0.6 is 0 Å². The second kappa shape index (κ2) is 8.77. The minimum atomic E-state index is -0.966. The van der Waals surface area contributed by atoms with Crippen LogP contribution in [0.4, 0.5) is 20.2 Å². The van der Waals surface area contributed by atoms with E-state index in [4.69, 9.17) is 10.7 Å². The molecule has 0 radical (unpaired) electrons. The zero-order valence-corrected chi connectivity index (χ0v) is 20.1. The Labute approximate surface area is 210 Å². The number of nitrogens with two attached hydrogens (primary N) is 1. The SMILES string of the molecule is Cc1nc2c(N3CC[C@H](N)C3)c(NC(=O)c3ccnn(-c4c(F)cccc4F)c3=O)ccc2n1C1CC1. The Morgan fingerprint density at radius 3 is 2.51 bits per heavy atom. The number of anilines is 2. The Kier molecular flexibility index (Phi) is 5.52. The summed E-state index contributed by atoms with van der Waals surface area (Å²) in [5, 5.41) is 6.63. The lowest BCUT2D eigenvalue weighted by Gasteiger charge is -2.23. The maximum Gasteiger partial charge on any atom is 0.284 e. The molecule has 37 heavy (non-hydrogen) atoms. The van der Waals surface area contributed by atoms with Crippen molar-refractivity contribution in [1.82, 2.24) is 19.3 Å². The first-order chi connectivity index (χ1) is 17.8. The summed E-state index contributed by atoms with van der Waals surface area (Å²) in [6.07, 6.45) is 4.17. The van der Waals surface area contributed by atoms with E-state index in [-0.39, 0.29) is 11.6 Å². The summed E-state index contributed by atoms with van der Waals surface area (Å²) < 4.78 is 31.5. The average Bonchev–Trinajstić information content (AvgIpc) is 3.51. The highest BCUT2D eigenvalue weighted by atomic mass is 19.1. The van der Waals surface area contributed by atoms with Gasteiger partial charge in [0.05, 0.1) is 16.9 Å². The molecule has 190 valence electrons. The molecule has 3 N–H and O–H groups in total. The van der Waals surface area contributed by atoms with E-state index >= 15 is 0 Å². The molecule has 1 saturated heterocycles. The van der Waals surface area contributed by atoms with Gasteiger partial charge in [0, 0.05) is 31.4 Å². The highest BCUT2D eigenvalue weighted by Crippen LogP contribution is 2.42. The lowest BCUT2D eigenvalue weighted by atomic mass is 10.2. The fourth-order valence-electron chi connectivity index (χ4n) is 5.09. The fourth-order valence-corrected chi connectivity index (χ4v) is 5.09. The van der Waals surface area contributed by atoms with E-state index in [1.54, 1.807) is 6.07 Å². The van der Waals surface area contributed by atoms with Crippen molar-refractivity contribution in [2.24, 2.45) is 5.73 Å². The van der Waals surface area contributed by atoms with E-state index in [1.165, 1.54) is 12.1 Å². The number of carbonyl (C=O) groups excluding carboxylic acids is 1. The van der Waals surface area contributed by atoms with Crippen LogP contribution in [0.3, 0.4) is 0 Å². The predicted octanol–water partition coefficient (Wildman–Crippen LogP) is 3.29. The number of nitrogens with one attached hydrogen (secondary N) is 1. The molecule has 2 aromatic heterocycles. The summed E-state index contributed by atoms with van der Waals surface area (Å²) in [6.45, 7) is 3.27. The van der Waals surface area contributed by atoms with Crippen molar-refractivity contribution >= 4 is 28.3 Å². The van der Waals surface area contributed by atoms with Crippen molar-refractivity contribution in [2.45, 2.75) is 38.3 Å². The smallest absolute Gasteiger partial charge is 0.284 e. The van der Waals surface area contributed by atoms with Crippen LogP contribution in [0.15, 0.2) is 47.4 Å². The molecule has 1 amide bonds. The number of aryl methyl sites for hydroxylation is 1. The number of nitrogens with zero attached hydrogens (tertiary/aromatic N) is 5. The second-order valence-electron chi connectivity index (χ2n) is 9.57. The molecule has 1 atom stereocenters. The van der Waals surface area contributed by atoms with Gasteiger partial charge in [0.15, 0.2) is 11.6 Å². The van der Waals surface area contributed by atoms with Gasteiger partial charge in [-0.2, -0.15) is 9.78 Å². The number of rotatable bonds is 5. The van der Waals surface area contributed by atoms with Gasteiger partial charge < -0.3 is 20.5 Å². The molecule has 0 spiro atoms. The molecule has 2 aromatic carbocycles. The summed E-state index contributed by atoms with van der Waals surface area (Å²) >= 11 is 0. The Balaban J connectivity index is 1.42. The van der Waals surface area contributed by atoms with E-state index in [0.717, 1.165) is 60.1 Å². The summed E-state index contributed by atoms with van der Waals surface area (Å²) in [5.74, 6) is -1.76. The molecule has 1 saturated carbocycles. The van der Waals surface area contributed by atoms with E-state index in [1.807, 2.05) is 13.0 Å². The van der Waals surface area contributed by atoms with Crippen molar-refractivity contribution in [3.8, 4) is 5.69 Å². The van der Waals surface area contributed by atoms with Crippen molar-refractivity contribution < 1.29 is 13.6 Å². The van der Waals surface area contributed by atoms with E-state index in [2.05, 4.69) is 19.9 Å². The van der Waals surface area contributed by atoms with Gasteiger partial charge >= 0.3 is 0 Å². The molecule has 6 rings (SSSR count). The number of imidazole rings is 1. The number of hydrogen-bond acceptors (Lipinski definition) is 6. The van der Waals surface area contributed by atoms with Gasteiger partial charge in [0.1, 0.15) is 22.6 Å². The van der Waals surface area contributed by atoms with Gasteiger partial charge in [-0.25, -0.2) is 13.8 Å². The van der Waals surface area contributed by atoms with Crippen molar-refractivity contribution in [3.05, 3.63) is 76.0 Å². The average molecular weight is 506 g/mol. The standard InChI is InChI=1S/C26H25F2N7O2/c1-14-31-22-21(34(14)16-5-6-16)8-7-20(24(22)33-12-10-15(29)13-33)32-25(36)17-9-11-30-35(26(17)37)23-18(27)3-2-4-19(23)28/h2-4,7-9,11,15-16H,5-6,10,12-13,29H2,1H3,(H,32,36)/t15-/m0/s1. The minimum absolute atomic E-state index is 0.00603. The third kappa shape index (κ3) is 3.95. The number of para-hydroxylation sites is 1. The fraction of sp³-hybridized carbons (Fsp3) is 0.308. The Morgan fingerprint density at radius 2 is 1.84 bits per heavy atom. The van der Waals surface area contributed by atoms with E-state index in [0.29, 0.717) is 29.5 Å². The molecule has 0 unspecified atom stereocenters. The predicted molar refractivity (Wildman–Crippen MR) is 135 cm³/mol. The van der Waals surface area contributed by atoms with Gasteiger partial charge in [-0.05, 0) is 56.5 Å². The van der Waals surface area contributed by atoms with Gasteiger partial charge in [-0.1, -0.05) is 6.07 Å². The van der Waals surface area contributed by atoms with Gasteiger partial charge in [-0.3, -0.25) is 9.59 Å². The number of carbonyl (C=O) groups is 1. The van der Waals surface area contributed by atoms with Crippen LogP contribution in [0.5, 0.6) is 0 Å². The van der Waals surface area contributed by atoms with Crippen molar-refractivity contribution in [1.29, 1.82) is 0 Å². The monoisotopic (exact) mass is 505 g/mol. The van der Waals surface area contributed by atoms with Gasteiger partial charge in [-0.15, -0.1) is 0 Å². The number of benzene rings is 2. The molecular formula is C26H25F2N7O2. The molecule has 4 aromatic rings. The molecule has 1 aliphatic heterocycles. The molecule has 0 bridgehead atoms. The molecule has 3 heterocycles. The lowest BCUT2D eigenvalue weighted by Crippen LogP contribution is -2.31. The minimum Gasteiger partial charge on any atom is -0.366 e. The van der Waals surface area contributed by atoms with Crippen molar-refractivity contribution in [3.63, 3.8) is 0 Å². The van der Waals surface area contributed by atoms with Crippen LogP contribution in [0, 0.1) is 18.6 Å². The molecule has 9 nitrogen and oxygen atoms in total. The molecular weight excluding hydrogens is 480 g/mol. The van der Waals surface area contributed by atoms with Crippen LogP contribution in [0.2, 0.25) is 0 Å². The largest absolute Gasteiger partial charge is 0.366 e. The highest BCUT2D eigenvalue weighted by Gasteiger charge is 2.31. The van der Waals surface area contributed by atoms with Crippen molar-refractivity contribution in [2.75, 3.05) is 23.3 Å². The Morgan fingerprint density at radius 1 is 1.08 bits per heavy atom. The summed E-state index contributed by atoms with van der Waals surface area (Å²) in [5.41, 5.74) is 7.27. The number of fused-ring (bicyclic) bond motifs is 1. The maximum absolute atomic E-state index is 14.3. The number of amides is 1. The number of halogens is 2. The quantitative estimate of drug-likeness (QED) is 0.431. The van der Waals surface area contributed by atoms with Gasteiger partial charge in [0.2, 0.25) is 0 Å². The Bertz CT molecular complexity index is 1590. The van der Waals surface area contributed by atoms with Crippen LogP contribution in [0.25, 0.3) is 16.7 Å². The molecule has 2 fully saturated rings. The topological polar surface area (TPSA) is 111 Å². The van der Waals surface area contributed by atoms with Gasteiger partial charge in [0.25, 0.3) is 11.5 Å². The zero-order chi connectivity index (χ0) is 25.8. The first-order valence-electron chi connectivity index (χ1n) is 12.2. The van der Waals surface area contributed by atoms with Crippen LogP contribution in [-0.4, -0.2) is 44.4 Å². The number of hydrogen-bond donors (Lipinski definition) is 2. The van der Waals surface area contributed by atoms with Crippen LogP contribution in [0.1, 0.15) is 41.5 Å². The normalized spacial score (nSPS) is 17.5. The zero-order valence-electron chi connectivity index (χ0n) is 20.1.